The molecule has 1 N–H and O–H groups in total. The molecule has 0 bridgehead atoms. The van der Waals surface area contributed by atoms with Crippen molar-refractivity contribution in [3.05, 3.63) is 34.9 Å². The van der Waals surface area contributed by atoms with Crippen molar-refractivity contribution in [2.24, 2.45) is 0 Å². The highest BCUT2D eigenvalue weighted by Crippen LogP contribution is 2.26. The van der Waals surface area contributed by atoms with Gasteiger partial charge in [-0.2, -0.15) is 0 Å². The number of aryl methyl sites for hydroxylation is 1. The van der Waals surface area contributed by atoms with Crippen LogP contribution in [-0.4, -0.2) is 24.6 Å². The highest BCUT2D eigenvalue weighted by Gasteiger charge is 2.24. The van der Waals surface area contributed by atoms with Gasteiger partial charge in [-0.15, -0.1) is 0 Å². The van der Waals surface area contributed by atoms with Gasteiger partial charge in [0.25, 0.3) is 0 Å². The molecule has 17 heavy (non-hydrogen) atoms. The molecule has 1 aromatic rings. The minimum absolute atomic E-state index is 0.0628. The van der Waals surface area contributed by atoms with Gasteiger partial charge >= 0.3 is 0 Å². The number of benzene rings is 1. The Kier molecular flexibility index (Phi) is 3.71. The average Bonchev–Trinajstić information content (AvgIpc) is 2.78. The number of aliphatic hydroxyl groups is 1. The van der Waals surface area contributed by atoms with Crippen molar-refractivity contribution in [3.63, 3.8) is 0 Å². The second-order valence-corrected chi connectivity index (χ2v) is 4.02. The third kappa shape index (κ3) is 2.62. The maximum absolute atomic E-state index is 13.6. The third-order valence-electron chi connectivity index (χ3n) is 2.77. The first-order valence-electron chi connectivity index (χ1n) is 5.45. The van der Waals surface area contributed by atoms with Gasteiger partial charge in [0.15, 0.2) is 17.9 Å². The van der Waals surface area contributed by atoms with Crippen LogP contribution in [0.3, 0.4) is 0 Å². The van der Waals surface area contributed by atoms with Crippen LogP contribution in [0.5, 0.6) is 0 Å². The first-order valence-corrected chi connectivity index (χ1v) is 5.45. The van der Waals surface area contributed by atoms with Crippen LogP contribution in [0.4, 0.5) is 8.78 Å². The lowest BCUT2D eigenvalue weighted by atomic mass is 10.0. The van der Waals surface area contributed by atoms with Crippen molar-refractivity contribution in [1.29, 1.82) is 0 Å². The van der Waals surface area contributed by atoms with Gasteiger partial charge in [0.2, 0.25) is 0 Å². The summed E-state index contributed by atoms with van der Waals surface area (Å²) in [5.74, 6) is -1.93. The van der Waals surface area contributed by atoms with Crippen molar-refractivity contribution < 1.29 is 23.4 Å². The summed E-state index contributed by atoms with van der Waals surface area (Å²) in [5.41, 5.74) is 0.152. The SMILES string of the molecule is Cc1ccc(C(O)CC2OCCO2)c(F)c1F. The maximum atomic E-state index is 13.6. The van der Waals surface area contributed by atoms with Crippen LogP contribution in [0.1, 0.15) is 23.7 Å². The molecule has 1 fully saturated rings. The predicted octanol–water partition coefficient (Wildman–Crippen LogP) is 2.07. The van der Waals surface area contributed by atoms with Crippen molar-refractivity contribution in [3.8, 4) is 0 Å². The van der Waals surface area contributed by atoms with E-state index in [9.17, 15) is 13.9 Å². The van der Waals surface area contributed by atoms with Gasteiger partial charge in [0.1, 0.15) is 0 Å². The summed E-state index contributed by atoms with van der Waals surface area (Å²) in [6, 6.07) is 2.82. The molecule has 1 aromatic carbocycles. The highest BCUT2D eigenvalue weighted by molar-refractivity contribution is 5.27. The van der Waals surface area contributed by atoms with E-state index in [0.29, 0.717) is 13.2 Å². The zero-order chi connectivity index (χ0) is 12.4. The van der Waals surface area contributed by atoms with Gasteiger partial charge < -0.3 is 14.6 Å². The average molecular weight is 244 g/mol. The number of halogens is 2. The summed E-state index contributed by atoms with van der Waals surface area (Å²) in [6.07, 6.45) is -1.58. The molecule has 0 spiro atoms. The molecule has 1 aliphatic rings. The van der Waals surface area contributed by atoms with Crippen LogP contribution in [0.25, 0.3) is 0 Å². The number of hydrogen-bond donors (Lipinski definition) is 1. The number of ether oxygens (including phenoxy) is 2. The Balaban J connectivity index is 2.13. The molecule has 1 atom stereocenters. The monoisotopic (exact) mass is 244 g/mol. The summed E-state index contributed by atoms with van der Waals surface area (Å²) in [5, 5.41) is 9.81. The van der Waals surface area contributed by atoms with E-state index in [1.54, 1.807) is 0 Å². The molecule has 1 saturated heterocycles. The van der Waals surface area contributed by atoms with Gasteiger partial charge in [-0.1, -0.05) is 12.1 Å². The molecule has 2 rings (SSSR count). The summed E-state index contributed by atoms with van der Waals surface area (Å²) in [4.78, 5) is 0. The van der Waals surface area contributed by atoms with Gasteiger partial charge in [-0.05, 0) is 12.5 Å². The molecule has 5 heteroatoms. The van der Waals surface area contributed by atoms with Gasteiger partial charge in [0.05, 0.1) is 19.3 Å². The predicted molar refractivity (Wildman–Crippen MR) is 56.4 cm³/mol. The van der Waals surface area contributed by atoms with Crippen LogP contribution < -0.4 is 0 Å². The quantitative estimate of drug-likeness (QED) is 0.884. The molecule has 3 nitrogen and oxygen atoms in total. The van der Waals surface area contributed by atoms with Crippen molar-refractivity contribution >= 4 is 0 Å². The second-order valence-electron chi connectivity index (χ2n) is 4.02. The zero-order valence-electron chi connectivity index (χ0n) is 9.45. The minimum atomic E-state index is -1.13. The van der Waals surface area contributed by atoms with Crippen molar-refractivity contribution in [2.75, 3.05) is 13.2 Å². The fourth-order valence-electron chi connectivity index (χ4n) is 1.77. The largest absolute Gasteiger partial charge is 0.388 e. The smallest absolute Gasteiger partial charge is 0.164 e. The summed E-state index contributed by atoms with van der Waals surface area (Å²) in [7, 11) is 0. The van der Waals surface area contributed by atoms with Gasteiger partial charge in [0, 0.05) is 12.0 Å². The fraction of sp³-hybridized carbons (Fsp3) is 0.500. The van der Waals surface area contributed by atoms with E-state index < -0.39 is 24.0 Å². The molecular weight excluding hydrogens is 230 g/mol. The van der Waals surface area contributed by atoms with E-state index in [4.69, 9.17) is 9.47 Å². The summed E-state index contributed by atoms with van der Waals surface area (Å²) < 4.78 is 37.2. The van der Waals surface area contributed by atoms with Crippen LogP contribution in [0.15, 0.2) is 12.1 Å². The molecule has 0 radical (unpaired) electrons. The Morgan fingerprint density at radius 3 is 2.59 bits per heavy atom. The van der Waals surface area contributed by atoms with Crippen LogP contribution >= 0.6 is 0 Å². The molecule has 0 aromatic heterocycles. The van der Waals surface area contributed by atoms with Crippen LogP contribution in [-0.2, 0) is 9.47 Å². The van der Waals surface area contributed by atoms with E-state index in [1.807, 2.05) is 0 Å². The first-order chi connectivity index (χ1) is 8.09. The van der Waals surface area contributed by atoms with E-state index >= 15 is 0 Å². The molecule has 0 saturated carbocycles. The standard InChI is InChI=1S/C12H14F2O3/c1-7-2-3-8(12(14)11(7)13)9(15)6-10-16-4-5-17-10/h2-3,9-10,15H,4-6H2,1H3. The van der Waals surface area contributed by atoms with Crippen molar-refractivity contribution in [2.45, 2.75) is 25.7 Å². The van der Waals surface area contributed by atoms with E-state index in [2.05, 4.69) is 0 Å². The minimum Gasteiger partial charge on any atom is -0.388 e. The molecule has 0 aliphatic carbocycles. The lowest BCUT2D eigenvalue weighted by Gasteiger charge is -2.16. The topological polar surface area (TPSA) is 38.7 Å². The maximum Gasteiger partial charge on any atom is 0.164 e. The second kappa shape index (κ2) is 5.08. The normalized spacial score (nSPS) is 18.6. The third-order valence-corrected chi connectivity index (χ3v) is 2.77. The fourth-order valence-corrected chi connectivity index (χ4v) is 1.77. The lowest BCUT2D eigenvalue weighted by molar-refractivity contribution is -0.0712. The van der Waals surface area contributed by atoms with Gasteiger partial charge in [-0.3, -0.25) is 0 Å². The van der Waals surface area contributed by atoms with Gasteiger partial charge in [-0.25, -0.2) is 8.78 Å². The molecule has 94 valence electrons. The number of aliphatic hydroxyl groups excluding tert-OH is 1. The van der Waals surface area contributed by atoms with Crippen LogP contribution in [0, 0.1) is 18.6 Å². The Hall–Kier alpha value is -1.04. The number of hydrogen-bond acceptors (Lipinski definition) is 3. The van der Waals surface area contributed by atoms with Crippen LogP contribution in [0.2, 0.25) is 0 Å². The van der Waals surface area contributed by atoms with Crippen molar-refractivity contribution in [1.82, 2.24) is 0 Å². The van der Waals surface area contributed by atoms with E-state index in [1.165, 1.54) is 19.1 Å². The Morgan fingerprint density at radius 1 is 1.29 bits per heavy atom. The molecule has 1 heterocycles. The highest BCUT2D eigenvalue weighted by atomic mass is 19.2. The summed E-state index contributed by atoms with van der Waals surface area (Å²) in [6.45, 7) is 2.39. The molecular formula is C12H14F2O3. The summed E-state index contributed by atoms with van der Waals surface area (Å²) >= 11 is 0. The van der Waals surface area contributed by atoms with E-state index in [0.717, 1.165) is 0 Å². The first kappa shape index (κ1) is 12.4. The lowest BCUT2D eigenvalue weighted by Crippen LogP contribution is -2.14. The Morgan fingerprint density at radius 2 is 1.94 bits per heavy atom. The number of rotatable bonds is 3. The zero-order valence-corrected chi connectivity index (χ0v) is 9.45. The van der Waals surface area contributed by atoms with E-state index in [-0.39, 0.29) is 17.5 Å². The molecule has 1 unspecified atom stereocenters. The molecule has 1 aliphatic heterocycles. The molecule has 0 amide bonds. The Labute approximate surface area is 98.0 Å². The Bertz CT molecular complexity index is 403.